The van der Waals surface area contributed by atoms with E-state index in [4.69, 9.17) is 17.3 Å². The molecule has 1 atom stereocenters. The first-order valence-electron chi connectivity index (χ1n) is 4.17. The molecule has 72 valence electrons. The van der Waals surface area contributed by atoms with Gasteiger partial charge in [0.15, 0.2) is 0 Å². The molecular weight excluding hydrogens is 178 g/mol. The van der Waals surface area contributed by atoms with Gasteiger partial charge < -0.3 is 10.8 Å². The first-order chi connectivity index (χ1) is 6.63. The SMILES string of the molecule is C#Cc1ccc([C@H](N)CC(=O)O)cc1. The number of carboxylic acid groups (broad SMARTS) is 1. The Labute approximate surface area is 82.6 Å². The van der Waals surface area contributed by atoms with Gasteiger partial charge in [0, 0.05) is 11.6 Å². The number of nitrogens with two attached hydrogens (primary N) is 1. The summed E-state index contributed by atoms with van der Waals surface area (Å²) in [5.41, 5.74) is 7.20. The van der Waals surface area contributed by atoms with Gasteiger partial charge in [-0.1, -0.05) is 18.1 Å². The molecule has 0 unspecified atom stereocenters. The zero-order valence-electron chi connectivity index (χ0n) is 7.60. The number of hydrogen-bond acceptors (Lipinski definition) is 2. The maximum atomic E-state index is 10.4. The highest BCUT2D eigenvalue weighted by Gasteiger charge is 2.09. The van der Waals surface area contributed by atoms with Crippen LogP contribution in [-0.2, 0) is 4.79 Å². The largest absolute Gasteiger partial charge is 0.481 e. The second-order valence-electron chi connectivity index (χ2n) is 2.97. The fourth-order valence-electron chi connectivity index (χ4n) is 1.13. The average molecular weight is 189 g/mol. The van der Waals surface area contributed by atoms with Crippen LogP contribution in [0.5, 0.6) is 0 Å². The van der Waals surface area contributed by atoms with Crippen molar-refractivity contribution < 1.29 is 9.90 Å². The number of hydrogen-bond donors (Lipinski definition) is 2. The molecule has 0 aliphatic carbocycles. The summed E-state index contributed by atoms with van der Waals surface area (Å²) in [7, 11) is 0. The highest BCUT2D eigenvalue weighted by Crippen LogP contribution is 2.14. The summed E-state index contributed by atoms with van der Waals surface area (Å²) >= 11 is 0. The van der Waals surface area contributed by atoms with Crippen LogP contribution in [0.4, 0.5) is 0 Å². The van der Waals surface area contributed by atoms with Gasteiger partial charge in [0.25, 0.3) is 0 Å². The number of rotatable bonds is 3. The summed E-state index contributed by atoms with van der Waals surface area (Å²) in [6, 6.07) is 6.53. The first-order valence-corrected chi connectivity index (χ1v) is 4.17. The van der Waals surface area contributed by atoms with E-state index in [-0.39, 0.29) is 6.42 Å². The van der Waals surface area contributed by atoms with Gasteiger partial charge in [-0.2, -0.15) is 0 Å². The maximum absolute atomic E-state index is 10.4. The molecule has 0 fully saturated rings. The van der Waals surface area contributed by atoms with Crippen LogP contribution >= 0.6 is 0 Å². The normalized spacial score (nSPS) is 11.7. The van der Waals surface area contributed by atoms with Crippen LogP contribution in [0.15, 0.2) is 24.3 Å². The predicted octanol–water partition coefficient (Wildman–Crippen LogP) is 1.14. The Hall–Kier alpha value is -1.79. The average Bonchev–Trinajstić information content (AvgIpc) is 2.17. The Bertz CT molecular complexity index is 362. The molecule has 1 aromatic rings. The summed E-state index contributed by atoms with van der Waals surface area (Å²) in [6.45, 7) is 0. The Morgan fingerprint density at radius 3 is 2.50 bits per heavy atom. The number of carboxylic acids is 1. The molecule has 3 N–H and O–H groups in total. The molecule has 0 saturated heterocycles. The van der Waals surface area contributed by atoms with Crippen LogP contribution in [-0.4, -0.2) is 11.1 Å². The Balaban J connectivity index is 2.77. The third kappa shape index (κ3) is 2.61. The highest BCUT2D eigenvalue weighted by atomic mass is 16.4. The number of aliphatic carboxylic acids is 1. The fraction of sp³-hybridized carbons (Fsp3) is 0.182. The summed E-state index contributed by atoms with van der Waals surface area (Å²) in [6.07, 6.45) is 5.11. The van der Waals surface area contributed by atoms with Crippen LogP contribution in [0, 0.1) is 12.3 Å². The third-order valence-electron chi connectivity index (χ3n) is 1.90. The molecule has 0 aliphatic rings. The Morgan fingerprint density at radius 1 is 1.50 bits per heavy atom. The van der Waals surface area contributed by atoms with E-state index >= 15 is 0 Å². The molecule has 0 spiro atoms. The lowest BCUT2D eigenvalue weighted by molar-refractivity contribution is -0.137. The number of carbonyl (C=O) groups is 1. The van der Waals surface area contributed by atoms with Crippen molar-refractivity contribution in [2.75, 3.05) is 0 Å². The molecule has 0 amide bonds. The molecule has 0 saturated carbocycles. The van der Waals surface area contributed by atoms with Gasteiger partial charge >= 0.3 is 5.97 Å². The van der Waals surface area contributed by atoms with E-state index in [1.165, 1.54) is 0 Å². The molecule has 0 bridgehead atoms. The van der Waals surface area contributed by atoms with Crippen molar-refractivity contribution in [1.82, 2.24) is 0 Å². The summed E-state index contributed by atoms with van der Waals surface area (Å²) in [5.74, 6) is 1.57. The summed E-state index contributed by atoms with van der Waals surface area (Å²) < 4.78 is 0. The van der Waals surface area contributed by atoms with Crippen LogP contribution in [0.3, 0.4) is 0 Å². The molecule has 3 heteroatoms. The van der Waals surface area contributed by atoms with E-state index < -0.39 is 12.0 Å². The first kappa shape index (κ1) is 10.3. The van der Waals surface area contributed by atoms with E-state index in [0.717, 1.165) is 11.1 Å². The topological polar surface area (TPSA) is 63.3 Å². The smallest absolute Gasteiger partial charge is 0.305 e. The van der Waals surface area contributed by atoms with Crippen molar-refractivity contribution in [2.45, 2.75) is 12.5 Å². The molecule has 0 radical (unpaired) electrons. The molecule has 0 aliphatic heterocycles. The fourth-order valence-corrected chi connectivity index (χ4v) is 1.13. The molecule has 0 aromatic heterocycles. The lowest BCUT2D eigenvalue weighted by atomic mass is 10.0. The molecular formula is C11H11NO2. The van der Waals surface area contributed by atoms with Gasteiger partial charge in [-0.25, -0.2) is 0 Å². The molecule has 0 heterocycles. The minimum absolute atomic E-state index is 0.0740. The van der Waals surface area contributed by atoms with Gasteiger partial charge in [0.2, 0.25) is 0 Å². The predicted molar refractivity (Wildman–Crippen MR) is 53.6 cm³/mol. The lowest BCUT2D eigenvalue weighted by Gasteiger charge is -2.08. The standard InChI is InChI=1S/C11H11NO2/c1-2-8-3-5-9(6-4-8)10(12)7-11(13)14/h1,3-6,10H,7,12H2,(H,13,14)/t10-/m1/s1. The van der Waals surface area contributed by atoms with Crippen molar-refractivity contribution in [3.63, 3.8) is 0 Å². The lowest BCUT2D eigenvalue weighted by Crippen LogP contribution is -2.14. The van der Waals surface area contributed by atoms with E-state index in [1.54, 1.807) is 24.3 Å². The van der Waals surface area contributed by atoms with Gasteiger partial charge in [-0.15, -0.1) is 6.42 Å². The number of benzene rings is 1. The van der Waals surface area contributed by atoms with Crippen molar-refractivity contribution in [3.05, 3.63) is 35.4 Å². The van der Waals surface area contributed by atoms with Gasteiger partial charge in [0.05, 0.1) is 6.42 Å². The van der Waals surface area contributed by atoms with Crippen LogP contribution in [0.1, 0.15) is 23.6 Å². The maximum Gasteiger partial charge on any atom is 0.305 e. The van der Waals surface area contributed by atoms with Gasteiger partial charge in [0.1, 0.15) is 0 Å². The highest BCUT2D eigenvalue weighted by molar-refractivity contribution is 5.67. The van der Waals surface area contributed by atoms with Crippen molar-refractivity contribution >= 4 is 5.97 Å². The quantitative estimate of drug-likeness (QED) is 0.701. The minimum atomic E-state index is -0.904. The second kappa shape index (κ2) is 4.45. The van der Waals surface area contributed by atoms with E-state index in [0.29, 0.717) is 0 Å². The van der Waals surface area contributed by atoms with E-state index in [1.807, 2.05) is 0 Å². The van der Waals surface area contributed by atoms with Crippen molar-refractivity contribution in [1.29, 1.82) is 0 Å². The van der Waals surface area contributed by atoms with Crippen LogP contribution in [0.2, 0.25) is 0 Å². The van der Waals surface area contributed by atoms with Gasteiger partial charge in [-0.05, 0) is 17.7 Å². The zero-order chi connectivity index (χ0) is 10.6. The molecule has 1 rings (SSSR count). The van der Waals surface area contributed by atoms with Crippen LogP contribution < -0.4 is 5.73 Å². The van der Waals surface area contributed by atoms with Crippen LogP contribution in [0.25, 0.3) is 0 Å². The Kier molecular flexibility index (Phi) is 3.27. The van der Waals surface area contributed by atoms with Gasteiger partial charge in [-0.3, -0.25) is 4.79 Å². The zero-order valence-corrected chi connectivity index (χ0v) is 7.60. The van der Waals surface area contributed by atoms with Crippen molar-refractivity contribution in [2.24, 2.45) is 5.73 Å². The van der Waals surface area contributed by atoms with E-state index in [2.05, 4.69) is 5.92 Å². The molecule has 1 aromatic carbocycles. The number of terminal acetylenes is 1. The third-order valence-corrected chi connectivity index (χ3v) is 1.90. The molecule has 3 nitrogen and oxygen atoms in total. The summed E-state index contributed by atoms with van der Waals surface area (Å²) in [4.78, 5) is 10.4. The minimum Gasteiger partial charge on any atom is -0.481 e. The monoisotopic (exact) mass is 189 g/mol. The van der Waals surface area contributed by atoms with E-state index in [9.17, 15) is 4.79 Å². The Morgan fingerprint density at radius 2 is 2.07 bits per heavy atom. The summed E-state index contributed by atoms with van der Waals surface area (Å²) in [5, 5.41) is 8.53. The van der Waals surface area contributed by atoms with Crippen molar-refractivity contribution in [3.8, 4) is 12.3 Å². The second-order valence-corrected chi connectivity index (χ2v) is 2.97. The molecule has 14 heavy (non-hydrogen) atoms.